The van der Waals surface area contributed by atoms with Gasteiger partial charge in [-0.1, -0.05) is 35.6 Å². The SMILES string of the molecule is COc1cccc(/C(O)=C2\C(=O)C(=O)N(c3nc4ccc(F)cc4s3)C2c2ccc(I)cc2)c1. The number of amides is 1. The zero-order chi connectivity index (χ0) is 24.0. The van der Waals surface area contributed by atoms with E-state index < -0.39 is 23.5 Å². The van der Waals surface area contributed by atoms with Crippen LogP contribution in [0.15, 0.2) is 72.3 Å². The summed E-state index contributed by atoms with van der Waals surface area (Å²) < 4.78 is 20.5. The Morgan fingerprint density at radius 2 is 1.88 bits per heavy atom. The second-order valence-electron chi connectivity index (χ2n) is 7.56. The number of methoxy groups -OCH3 is 1. The number of ketones is 1. The third-order valence-corrected chi connectivity index (χ3v) is 7.26. The molecule has 0 saturated carbocycles. The van der Waals surface area contributed by atoms with Crippen molar-refractivity contribution in [3.8, 4) is 5.75 Å². The largest absolute Gasteiger partial charge is 0.507 e. The number of ether oxygens (including phenoxy) is 1. The van der Waals surface area contributed by atoms with Gasteiger partial charge < -0.3 is 9.84 Å². The van der Waals surface area contributed by atoms with Crippen molar-refractivity contribution in [1.29, 1.82) is 0 Å². The first-order valence-corrected chi connectivity index (χ1v) is 12.0. The van der Waals surface area contributed by atoms with E-state index in [9.17, 15) is 19.1 Å². The van der Waals surface area contributed by atoms with Gasteiger partial charge in [-0.3, -0.25) is 14.5 Å². The summed E-state index contributed by atoms with van der Waals surface area (Å²) in [6.07, 6.45) is 0. The molecule has 0 radical (unpaired) electrons. The van der Waals surface area contributed by atoms with Gasteiger partial charge in [-0.25, -0.2) is 9.37 Å². The molecule has 1 saturated heterocycles. The van der Waals surface area contributed by atoms with Gasteiger partial charge in [-0.2, -0.15) is 0 Å². The Morgan fingerprint density at radius 3 is 2.62 bits per heavy atom. The van der Waals surface area contributed by atoms with Crippen LogP contribution in [0, 0.1) is 9.39 Å². The standard InChI is InChI=1S/C25H16FIN2O4S/c1-33-17-4-2-3-14(11-17)22(30)20-21(13-5-8-16(27)9-6-13)29(24(32)23(20)31)25-28-18-10-7-15(26)12-19(18)34-25/h2-12,21,30H,1H3/b22-20+. The van der Waals surface area contributed by atoms with Gasteiger partial charge in [0.25, 0.3) is 5.78 Å². The lowest BCUT2D eigenvalue weighted by Crippen LogP contribution is -2.29. The third kappa shape index (κ3) is 3.84. The van der Waals surface area contributed by atoms with Gasteiger partial charge in [-0.15, -0.1) is 0 Å². The Kier molecular flexibility index (Phi) is 5.82. The molecule has 1 amide bonds. The van der Waals surface area contributed by atoms with Gasteiger partial charge in [0.05, 0.1) is 28.9 Å². The number of aliphatic hydroxyl groups is 1. The van der Waals surface area contributed by atoms with Crippen LogP contribution >= 0.6 is 33.9 Å². The quantitative estimate of drug-likeness (QED) is 0.144. The highest BCUT2D eigenvalue weighted by molar-refractivity contribution is 14.1. The summed E-state index contributed by atoms with van der Waals surface area (Å²) >= 11 is 3.27. The van der Waals surface area contributed by atoms with Gasteiger partial charge in [0.15, 0.2) is 5.13 Å². The smallest absolute Gasteiger partial charge is 0.301 e. The molecular weight excluding hydrogens is 570 g/mol. The molecule has 1 aliphatic heterocycles. The minimum atomic E-state index is -0.909. The van der Waals surface area contributed by atoms with Crippen LogP contribution in [-0.2, 0) is 9.59 Å². The van der Waals surface area contributed by atoms with Crippen LogP contribution in [0.3, 0.4) is 0 Å². The van der Waals surface area contributed by atoms with Crippen molar-refractivity contribution in [2.24, 2.45) is 0 Å². The maximum absolute atomic E-state index is 13.8. The molecule has 1 N–H and O–H groups in total. The maximum Gasteiger partial charge on any atom is 0.301 e. The van der Waals surface area contributed by atoms with E-state index in [0.29, 0.717) is 27.1 Å². The summed E-state index contributed by atoms with van der Waals surface area (Å²) in [5.74, 6) is -1.87. The van der Waals surface area contributed by atoms with Gasteiger partial charge in [0, 0.05) is 9.13 Å². The number of benzene rings is 3. The molecule has 3 aromatic carbocycles. The predicted molar refractivity (Wildman–Crippen MR) is 137 cm³/mol. The molecule has 9 heteroatoms. The number of thiazole rings is 1. The molecule has 4 aromatic rings. The molecular formula is C25H16FIN2O4S. The monoisotopic (exact) mass is 586 g/mol. The van der Waals surface area contributed by atoms with E-state index in [0.717, 1.165) is 14.9 Å². The van der Waals surface area contributed by atoms with E-state index in [4.69, 9.17) is 4.74 Å². The van der Waals surface area contributed by atoms with E-state index in [2.05, 4.69) is 27.6 Å². The average molecular weight is 586 g/mol. The maximum atomic E-state index is 13.8. The highest BCUT2D eigenvalue weighted by Gasteiger charge is 2.48. The molecule has 34 heavy (non-hydrogen) atoms. The summed E-state index contributed by atoms with van der Waals surface area (Å²) in [5, 5.41) is 11.5. The molecule has 6 nitrogen and oxygen atoms in total. The second kappa shape index (κ2) is 8.80. The lowest BCUT2D eigenvalue weighted by Gasteiger charge is -2.23. The van der Waals surface area contributed by atoms with Crippen molar-refractivity contribution in [2.75, 3.05) is 12.0 Å². The van der Waals surface area contributed by atoms with E-state index in [-0.39, 0.29) is 16.5 Å². The van der Waals surface area contributed by atoms with Crippen LogP contribution in [0.1, 0.15) is 17.2 Å². The fraction of sp³-hybridized carbons (Fsp3) is 0.0800. The third-order valence-electron chi connectivity index (χ3n) is 5.52. The van der Waals surface area contributed by atoms with Gasteiger partial charge in [0.1, 0.15) is 17.3 Å². The van der Waals surface area contributed by atoms with Crippen LogP contribution in [-0.4, -0.2) is 28.9 Å². The zero-order valence-corrected chi connectivity index (χ0v) is 20.6. The van der Waals surface area contributed by atoms with E-state index in [1.165, 1.54) is 30.2 Å². The number of anilines is 1. The van der Waals surface area contributed by atoms with Crippen molar-refractivity contribution < 1.29 is 23.8 Å². The molecule has 5 rings (SSSR count). The minimum absolute atomic E-state index is 0.0510. The Bertz CT molecular complexity index is 1480. The minimum Gasteiger partial charge on any atom is -0.507 e. The Labute approximate surface area is 211 Å². The molecule has 0 spiro atoms. The number of aliphatic hydroxyl groups excluding tert-OH is 1. The van der Waals surface area contributed by atoms with Gasteiger partial charge in [-0.05, 0) is 70.6 Å². The van der Waals surface area contributed by atoms with E-state index in [1.54, 1.807) is 36.4 Å². The first-order valence-electron chi connectivity index (χ1n) is 10.1. The molecule has 1 atom stereocenters. The number of hydrogen-bond donors (Lipinski definition) is 1. The van der Waals surface area contributed by atoms with Gasteiger partial charge >= 0.3 is 5.91 Å². The van der Waals surface area contributed by atoms with Gasteiger partial charge in [0.2, 0.25) is 0 Å². The topological polar surface area (TPSA) is 79.7 Å². The van der Waals surface area contributed by atoms with Crippen molar-refractivity contribution in [1.82, 2.24) is 4.98 Å². The predicted octanol–water partition coefficient (Wildman–Crippen LogP) is 5.67. The number of Topliss-reactive ketones (excluding diaryl/α,β-unsaturated/α-hetero) is 1. The second-order valence-corrected chi connectivity index (χ2v) is 9.82. The number of hydrogen-bond acceptors (Lipinski definition) is 6. The first kappa shape index (κ1) is 22.5. The number of nitrogens with zero attached hydrogens (tertiary/aromatic N) is 2. The van der Waals surface area contributed by atoms with Crippen molar-refractivity contribution >= 4 is 66.7 Å². The first-order chi connectivity index (χ1) is 16.4. The number of carbonyl (C=O) groups excluding carboxylic acids is 2. The highest BCUT2D eigenvalue weighted by Crippen LogP contribution is 2.44. The van der Waals surface area contributed by atoms with Crippen molar-refractivity contribution in [3.05, 3.63) is 92.8 Å². The summed E-state index contributed by atoms with van der Waals surface area (Å²) in [4.78, 5) is 32.3. The molecule has 0 bridgehead atoms. The van der Waals surface area contributed by atoms with E-state index in [1.807, 2.05) is 12.1 Å². The molecule has 1 aliphatic rings. The van der Waals surface area contributed by atoms with E-state index >= 15 is 0 Å². The van der Waals surface area contributed by atoms with Crippen LogP contribution in [0.25, 0.3) is 16.0 Å². The summed E-state index contributed by atoms with van der Waals surface area (Å²) in [7, 11) is 1.50. The molecule has 1 unspecified atom stereocenters. The summed E-state index contributed by atoms with van der Waals surface area (Å²) in [6.45, 7) is 0. The molecule has 1 aromatic heterocycles. The lowest BCUT2D eigenvalue weighted by molar-refractivity contribution is -0.132. The lowest BCUT2D eigenvalue weighted by atomic mass is 9.95. The average Bonchev–Trinajstić information content (AvgIpc) is 3.37. The normalized spacial score (nSPS) is 17.5. The molecule has 170 valence electrons. The Hall–Kier alpha value is -3.31. The molecule has 0 aliphatic carbocycles. The van der Waals surface area contributed by atoms with Crippen LogP contribution < -0.4 is 9.64 Å². The number of carbonyl (C=O) groups is 2. The molecule has 2 heterocycles. The zero-order valence-electron chi connectivity index (χ0n) is 17.7. The fourth-order valence-corrected chi connectivity index (χ4v) is 5.28. The summed E-state index contributed by atoms with van der Waals surface area (Å²) in [6, 6.07) is 17.2. The number of aromatic nitrogens is 1. The van der Waals surface area contributed by atoms with Crippen LogP contribution in [0.4, 0.5) is 9.52 Å². The molecule has 1 fully saturated rings. The number of rotatable bonds is 4. The Balaban J connectivity index is 1.73. The van der Waals surface area contributed by atoms with Crippen molar-refractivity contribution in [2.45, 2.75) is 6.04 Å². The van der Waals surface area contributed by atoms with Crippen LogP contribution in [0.2, 0.25) is 0 Å². The summed E-state index contributed by atoms with van der Waals surface area (Å²) in [5.41, 5.74) is 1.44. The Morgan fingerprint density at radius 1 is 1.12 bits per heavy atom. The highest BCUT2D eigenvalue weighted by atomic mass is 127. The van der Waals surface area contributed by atoms with Crippen molar-refractivity contribution in [3.63, 3.8) is 0 Å². The van der Waals surface area contributed by atoms with Crippen LogP contribution in [0.5, 0.6) is 5.75 Å². The number of fused-ring (bicyclic) bond motifs is 1. The number of halogens is 2. The fourth-order valence-electron chi connectivity index (χ4n) is 3.91.